The van der Waals surface area contributed by atoms with E-state index in [-0.39, 0.29) is 11.1 Å². The molecule has 2 heterocycles. The molecular weight excluding hydrogens is 395 g/mol. The van der Waals surface area contributed by atoms with Gasteiger partial charge in [-0.2, -0.15) is 0 Å². The largest absolute Gasteiger partial charge is 0.507 e. The van der Waals surface area contributed by atoms with Crippen LogP contribution in [0.25, 0.3) is 5.76 Å². The maximum absolute atomic E-state index is 14.7. The number of aromatic nitrogens is 1. The van der Waals surface area contributed by atoms with Crippen molar-refractivity contribution in [3.05, 3.63) is 101 Å². The number of carbonyl (C=O) groups is 2. The standard InChI is InChI=1S/C22H14ClFN2O3/c23-14-9-7-13(8-10-14)20(27)18-19(16-5-1-2-6-17(16)24)26(22(29)21(18)28)15-4-3-11-25-12-15/h1-12,19,27H/t19-/m1/s1. The summed E-state index contributed by atoms with van der Waals surface area (Å²) in [6.07, 6.45) is 2.92. The van der Waals surface area contributed by atoms with Gasteiger partial charge in [0.25, 0.3) is 11.7 Å². The Morgan fingerprint density at radius 2 is 1.76 bits per heavy atom. The van der Waals surface area contributed by atoms with Crippen LogP contribution < -0.4 is 4.90 Å². The molecule has 1 aromatic heterocycles. The van der Waals surface area contributed by atoms with Crippen LogP contribution in [0.2, 0.25) is 5.02 Å². The Labute approximate surface area is 170 Å². The first-order valence-electron chi connectivity index (χ1n) is 8.70. The van der Waals surface area contributed by atoms with Crippen molar-refractivity contribution in [3.8, 4) is 0 Å². The van der Waals surface area contributed by atoms with Crippen molar-refractivity contribution in [1.29, 1.82) is 0 Å². The Morgan fingerprint density at radius 1 is 1.03 bits per heavy atom. The smallest absolute Gasteiger partial charge is 0.300 e. The molecule has 0 radical (unpaired) electrons. The third kappa shape index (κ3) is 3.28. The number of nitrogens with zero attached hydrogens (tertiary/aromatic N) is 2. The number of ketones is 1. The molecular formula is C22H14ClFN2O3. The van der Waals surface area contributed by atoms with Crippen LogP contribution in [0, 0.1) is 5.82 Å². The van der Waals surface area contributed by atoms with Crippen molar-refractivity contribution in [2.75, 3.05) is 4.90 Å². The molecule has 0 aliphatic carbocycles. The van der Waals surface area contributed by atoms with E-state index in [0.717, 1.165) is 4.90 Å². The fourth-order valence-electron chi connectivity index (χ4n) is 3.35. The van der Waals surface area contributed by atoms with E-state index in [1.165, 1.54) is 42.7 Å². The Hall–Kier alpha value is -3.51. The predicted octanol–water partition coefficient (Wildman–Crippen LogP) is 4.50. The number of hydrogen-bond donors (Lipinski definition) is 1. The summed E-state index contributed by atoms with van der Waals surface area (Å²) < 4.78 is 14.7. The molecule has 1 N–H and O–H groups in total. The quantitative estimate of drug-likeness (QED) is 0.393. The highest BCUT2D eigenvalue weighted by atomic mass is 35.5. The molecule has 1 aliphatic rings. The molecule has 2 aromatic carbocycles. The second-order valence-corrected chi connectivity index (χ2v) is 6.85. The van der Waals surface area contributed by atoms with Gasteiger partial charge in [-0.3, -0.25) is 19.5 Å². The molecule has 1 atom stereocenters. The van der Waals surface area contributed by atoms with Crippen molar-refractivity contribution in [3.63, 3.8) is 0 Å². The molecule has 0 bridgehead atoms. The van der Waals surface area contributed by atoms with Gasteiger partial charge in [-0.1, -0.05) is 29.8 Å². The van der Waals surface area contributed by atoms with E-state index in [9.17, 15) is 19.1 Å². The fourth-order valence-corrected chi connectivity index (χ4v) is 3.48. The normalized spacial score (nSPS) is 18.3. The molecule has 144 valence electrons. The van der Waals surface area contributed by atoms with Gasteiger partial charge < -0.3 is 5.11 Å². The number of halogens is 2. The third-order valence-corrected chi connectivity index (χ3v) is 4.94. The van der Waals surface area contributed by atoms with Gasteiger partial charge in [0.15, 0.2) is 0 Å². The van der Waals surface area contributed by atoms with Gasteiger partial charge in [0.05, 0.1) is 23.5 Å². The van der Waals surface area contributed by atoms with E-state index in [2.05, 4.69) is 4.98 Å². The van der Waals surface area contributed by atoms with Gasteiger partial charge in [0, 0.05) is 22.3 Å². The molecule has 1 aliphatic heterocycles. The summed E-state index contributed by atoms with van der Waals surface area (Å²) in [5, 5.41) is 11.3. The number of aliphatic hydroxyl groups is 1. The number of hydrogen-bond acceptors (Lipinski definition) is 4. The number of rotatable bonds is 3. The molecule has 3 aromatic rings. The van der Waals surface area contributed by atoms with Crippen LogP contribution in [0.5, 0.6) is 0 Å². The fraction of sp³-hybridized carbons (Fsp3) is 0.0455. The van der Waals surface area contributed by atoms with Gasteiger partial charge in [-0.25, -0.2) is 4.39 Å². The van der Waals surface area contributed by atoms with E-state index in [0.29, 0.717) is 16.3 Å². The average Bonchev–Trinajstić information content (AvgIpc) is 3.00. The first kappa shape index (κ1) is 18.8. The van der Waals surface area contributed by atoms with Crippen molar-refractivity contribution in [1.82, 2.24) is 4.98 Å². The molecule has 4 rings (SSSR count). The SMILES string of the molecule is O=C1C(=O)N(c2cccnc2)[C@H](c2ccccc2F)C1=C(O)c1ccc(Cl)cc1. The summed E-state index contributed by atoms with van der Waals surface area (Å²) in [5.41, 5.74) is 0.496. The summed E-state index contributed by atoms with van der Waals surface area (Å²) in [7, 11) is 0. The van der Waals surface area contributed by atoms with Crippen LogP contribution in [-0.2, 0) is 9.59 Å². The number of aliphatic hydroxyl groups excluding tert-OH is 1. The van der Waals surface area contributed by atoms with Crippen LogP contribution >= 0.6 is 11.6 Å². The summed E-state index contributed by atoms with van der Waals surface area (Å²) in [6.45, 7) is 0. The maximum Gasteiger partial charge on any atom is 0.300 e. The Morgan fingerprint density at radius 3 is 2.41 bits per heavy atom. The Balaban J connectivity index is 1.97. The van der Waals surface area contributed by atoms with Crippen LogP contribution in [0.4, 0.5) is 10.1 Å². The molecule has 5 nitrogen and oxygen atoms in total. The highest BCUT2D eigenvalue weighted by molar-refractivity contribution is 6.51. The van der Waals surface area contributed by atoms with Crippen molar-refractivity contribution in [2.24, 2.45) is 0 Å². The lowest BCUT2D eigenvalue weighted by atomic mass is 9.95. The van der Waals surface area contributed by atoms with Crippen LogP contribution in [0.15, 0.2) is 78.6 Å². The number of benzene rings is 2. The monoisotopic (exact) mass is 408 g/mol. The maximum atomic E-state index is 14.7. The molecule has 0 unspecified atom stereocenters. The molecule has 1 saturated heterocycles. The number of carbonyl (C=O) groups excluding carboxylic acids is 2. The van der Waals surface area contributed by atoms with Gasteiger partial charge in [-0.15, -0.1) is 0 Å². The first-order chi connectivity index (χ1) is 14.0. The van der Waals surface area contributed by atoms with E-state index < -0.39 is 29.3 Å². The van der Waals surface area contributed by atoms with E-state index >= 15 is 0 Å². The number of amides is 1. The number of Topliss-reactive ketones (excluding diaryl/α,β-unsaturated/α-hetero) is 1. The van der Waals surface area contributed by atoms with Gasteiger partial charge >= 0.3 is 0 Å². The van der Waals surface area contributed by atoms with E-state index in [4.69, 9.17) is 11.6 Å². The van der Waals surface area contributed by atoms with Gasteiger partial charge in [-0.05, 0) is 42.5 Å². The molecule has 7 heteroatoms. The average molecular weight is 409 g/mol. The second kappa shape index (κ2) is 7.48. The van der Waals surface area contributed by atoms with Crippen LogP contribution in [0.3, 0.4) is 0 Å². The highest BCUT2D eigenvalue weighted by Gasteiger charge is 2.47. The van der Waals surface area contributed by atoms with Gasteiger partial charge in [0.2, 0.25) is 0 Å². The van der Waals surface area contributed by atoms with Gasteiger partial charge in [0.1, 0.15) is 11.6 Å². The van der Waals surface area contributed by atoms with E-state index in [1.807, 2.05) is 0 Å². The molecule has 1 fully saturated rings. The summed E-state index contributed by atoms with van der Waals surface area (Å²) in [4.78, 5) is 30.9. The third-order valence-electron chi connectivity index (χ3n) is 4.69. The minimum absolute atomic E-state index is 0.0890. The predicted molar refractivity (Wildman–Crippen MR) is 107 cm³/mol. The second-order valence-electron chi connectivity index (χ2n) is 6.41. The van der Waals surface area contributed by atoms with Crippen molar-refractivity contribution in [2.45, 2.75) is 6.04 Å². The molecule has 0 spiro atoms. The number of anilines is 1. The van der Waals surface area contributed by atoms with Crippen LogP contribution in [-0.4, -0.2) is 21.8 Å². The topological polar surface area (TPSA) is 70.5 Å². The van der Waals surface area contributed by atoms with E-state index in [1.54, 1.807) is 30.3 Å². The lowest BCUT2D eigenvalue weighted by molar-refractivity contribution is -0.132. The van der Waals surface area contributed by atoms with Crippen LogP contribution in [0.1, 0.15) is 17.2 Å². The molecule has 1 amide bonds. The lowest BCUT2D eigenvalue weighted by Crippen LogP contribution is -2.29. The lowest BCUT2D eigenvalue weighted by Gasteiger charge is -2.25. The van der Waals surface area contributed by atoms with Crippen molar-refractivity contribution < 1.29 is 19.1 Å². The Kier molecular flexibility index (Phi) is 4.86. The highest BCUT2D eigenvalue weighted by Crippen LogP contribution is 2.42. The minimum atomic E-state index is -1.14. The van der Waals surface area contributed by atoms with Crippen molar-refractivity contribution >= 4 is 34.7 Å². The summed E-state index contributed by atoms with van der Waals surface area (Å²) in [5.74, 6) is -2.79. The molecule has 29 heavy (non-hydrogen) atoms. The number of pyridine rings is 1. The zero-order valence-electron chi connectivity index (χ0n) is 14.9. The summed E-state index contributed by atoms with van der Waals surface area (Å²) >= 11 is 5.89. The zero-order chi connectivity index (χ0) is 20.5. The first-order valence-corrected chi connectivity index (χ1v) is 9.08. The summed E-state index contributed by atoms with van der Waals surface area (Å²) in [6, 6.07) is 14.0. The minimum Gasteiger partial charge on any atom is -0.507 e. The Bertz CT molecular complexity index is 1130. The zero-order valence-corrected chi connectivity index (χ0v) is 15.7. The molecule has 0 saturated carbocycles.